The Morgan fingerprint density at radius 1 is 1.11 bits per heavy atom. The third-order valence-corrected chi connectivity index (χ3v) is 7.21. The first-order valence-electron chi connectivity index (χ1n) is 12.4. The number of nitrogens with zero attached hydrogens (tertiary/aromatic N) is 4. The van der Waals surface area contributed by atoms with Crippen molar-refractivity contribution in [1.82, 2.24) is 14.8 Å². The van der Waals surface area contributed by atoms with Gasteiger partial charge in [0.05, 0.1) is 18.8 Å². The van der Waals surface area contributed by atoms with Crippen molar-refractivity contribution in [3.8, 4) is 5.75 Å². The summed E-state index contributed by atoms with van der Waals surface area (Å²) in [6.45, 7) is 9.45. The summed E-state index contributed by atoms with van der Waals surface area (Å²) in [5.41, 5.74) is 2.14. The second-order valence-corrected chi connectivity index (χ2v) is 10.3. The number of amides is 3. The molecule has 0 radical (unpaired) electrons. The number of thiazole rings is 1. The van der Waals surface area contributed by atoms with Crippen molar-refractivity contribution in [2.24, 2.45) is 0 Å². The van der Waals surface area contributed by atoms with Crippen molar-refractivity contribution in [1.29, 1.82) is 0 Å². The molecule has 2 heterocycles. The first kappa shape index (κ1) is 26.8. The van der Waals surface area contributed by atoms with Crippen molar-refractivity contribution in [2.75, 3.05) is 43.0 Å². The zero-order valence-electron chi connectivity index (χ0n) is 21.3. The van der Waals surface area contributed by atoms with E-state index in [1.54, 1.807) is 34.5 Å². The van der Waals surface area contributed by atoms with Crippen LogP contribution in [0.2, 0.25) is 5.02 Å². The quantitative estimate of drug-likeness (QED) is 0.401. The van der Waals surface area contributed by atoms with Gasteiger partial charge in [-0.2, -0.15) is 0 Å². The minimum atomic E-state index is -0.233. The molecule has 0 bridgehead atoms. The number of halogens is 1. The second kappa shape index (κ2) is 12.3. The third-order valence-electron chi connectivity index (χ3n) is 6.13. The average molecular weight is 542 g/mol. The van der Waals surface area contributed by atoms with Crippen LogP contribution in [0.1, 0.15) is 36.3 Å². The smallest absolute Gasteiger partial charge is 0.322 e. The van der Waals surface area contributed by atoms with Gasteiger partial charge < -0.3 is 24.8 Å². The topological polar surface area (TPSA) is 78.0 Å². The molecule has 0 saturated carbocycles. The third kappa shape index (κ3) is 6.72. The lowest BCUT2D eigenvalue weighted by molar-refractivity contribution is 0.0741. The van der Waals surface area contributed by atoms with Gasteiger partial charge in [0.1, 0.15) is 16.5 Å². The van der Waals surface area contributed by atoms with E-state index in [0.29, 0.717) is 47.7 Å². The van der Waals surface area contributed by atoms with E-state index in [0.717, 1.165) is 24.5 Å². The number of aromatic nitrogens is 1. The van der Waals surface area contributed by atoms with Gasteiger partial charge in [0.2, 0.25) is 0 Å². The molecule has 37 heavy (non-hydrogen) atoms. The van der Waals surface area contributed by atoms with Crippen LogP contribution in [0.4, 0.5) is 16.2 Å². The summed E-state index contributed by atoms with van der Waals surface area (Å²) in [5, 5.41) is 6.00. The highest BCUT2D eigenvalue weighted by Crippen LogP contribution is 2.29. The normalized spacial score (nSPS) is 13.5. The van der Waals surface area contributed by atoms with Gasteiger partial charge in [0.15, 0.2) is 0 Å². The summed E-state index contributed by atoms with van der Waals surface area (Å²) in [7, 11) is 0. The van der Waals surface area contributed by atoms with Crippen molar-refractivity contribution in [2.45, 2.75) is 33.4 Å². The molecule has 10 heteroatoms. The molecule has 1 aliphatic heterocycles. The second-order valence-electron chi connectivity index (χ2n) is 8.97. The maximum atomic E-state index is 13.2. The monoisotopic (exact) mass is 541 g/mol. The van der Waals surface area contributed by atoms with Gasteiger partial charge in [-0.1, -0.05) is 23.7 Å². The van der Waals surface area contributed by atoms with E-state index in [1.165, 1.54) is 11.3 Å². The average Bonchev–Trinajstić information content (AvgIpc) is 3.37. The molecule has 8 nitrogen and oxygen atoms in total. The number of benzene rings is 2. The van der Waals surface area contributed by atoms with E-state index in [9.17, 15) is 9.59 Å². The first-order chi connectivity index (χ1) is 17.9. The van der Waals surface area contributed by atoms with E-state index < -0.39 is 0 Å². The highest BCUT2D eigenvalue weighted by Gasteiger charge is 2.26. The number of anilines is 2. The molecule has 4 rings (SSSR count). The maximum Gasteiger partial charge on any atom is 0.322 e. The Balaban J connectivity index is 1.35. The molecular weight excluding hydrogens is 510 g/mol. The van der Waals surface area contributed by atoms with Crippen molar-refractivity contribution in [3.63, 3.8) is 0 Å². The van der Waals surface area contributed by atoms with E-state index in [4.69, 9.17) is 16.3 Å². The summed E-state index contributed by atoms with van der Waals surface area (Å²) in [6, 6.07) is 14.7. The minimum Gasteiger partial charge on any atom is -0.492 e. The lowest BCUT2D eigenvalue weighted by Gasteiger charge is -2.36. The van der Waals surface area contributed by atoms with Crippen LogP contribution < -0.4 is 15.0 Å². The molecule has 0 atom stereocenters. The van der Waals surface area contributed by atoms with Gasteiger partial charge in [-0.15, -0.1) is 11.3 Å². The Morgan fingerprint density at radius 2 is 1.81 bits per heavy atom. The first-order valence-corrected chi connectivity index (χ1v) is 13.6. The van der Waals surface area contributed by atoms with Crippen molar-refractivity contribution in [3.05, 3.63) is 69.6 Å². The standard InChI is InChI=1S/C27H32ClN5O3S/c1-4-36-24-8-6-5-7-23(24)31-13-15-32(16-14-31)26(34)22-18-37-25(30-22)17-33(19(2)3)27(35)29-21-11-9-20(28)10-12-21/h5-12,18-19H,4,13-17H2,1-3H3,(H,29,35). The largest absolute Gasteiger partial charge is 0.492 e. The summed E-state index contributed by atoms with van der Waals surface area (Å²) in [6.07, 6.45) is 0. The fourth-order valence-electron chi connectivity index (χ4n) is 4.15. The van der Waals surface area contributed by atoms with Crippen molar-refractivity contribution < 1.29 is 14.3 Å². The fraction of sp³-hybridized carbons (Fsp3) is 0.370. The minimum absolute atomic E-state index is 0.0528. The summed E-state index contributed by atoms with van der Waals surface area (Å²) < 4.78 is 5.77. The van der Waals surface area contributed by atoms with Crippen LogP contribution in [0.25, 0.3) is 0 Å². The number of urea groups is 1. The molecule has 2 aromatic carbocycles. The van der Waals surface area contributed by atoms with Gasteiger partial charge in [-0.3, -0.25) is 4.79 Å². The van der Waals surface area contributed by atoms with Gasteiger partial charge >= 0.3 is 6.03 Å². The molecular formula is C27H32ClN5O3S. The number of ether oxygens (including phenoxy) is 1. The molecule has 0 unspecified atom stereocenters. The molecule has 1 aliphatic rings. The molecule has 1 N–H and O–H groups in total. The van der Waals surface area contributed by atoms with Crippen molar-refractivity contribution >= 4 is 46.3 Å². The summed E-state index contributed by atoms with van der Waals surface area (Å²) in [4.78, 5) is 36.4. The van der Waals surface area contributed by atoms with Crippen LogP contribution >= 0.6 is 22.9 Å². The van der Waals surface area contributed by atoms with Crippen LogP contribution in [0.5, 0.6) is 5.75 Å². The van der Waals surface area contributed by atoms with Gasteiger partial charge in [0, 0.05) is 48.3 Å². The molecule has 0 aliphatic carbocycles. The molecule has 0 spiro atoms. The number of hydrogen-bond acceptors (Lipinski definition) is 6. The number of carbonyl (C=O) groups excluding carboxylic acids is 2. The molecule has 3 amide bonds. The Hall–Kier alpha value is -3.30. The van der Waals surface area contributed by atoms with Crippen LogP contribution in [0, 0.1) is 0 Å². The highest BCUT2D eigenvalue weighted by molar-refractivity contribution is 7.09. The maximum absolute atomic E-state index is 13.2. The van der Waals surface area contributed by atoms with Crippen LogP contribution in [0.3, 0.4) is 0 Å². The zero-order chi connectivity index (χ0) is 26.4. The van der Waals surface area contributed by atoms with Crippen LogP contribution in [-0.4, -0.2) is 65.5 Å². The number of para-hydroxylation sites is 2. The number of hydrogen-bond donors (Lipinski definition) is 1. The Kier molecular flexibility index (Phi) is 8.89. The Labute approximate surface area is 226 Å². The highest BCUT2D eigenvalue weighted by atomic mass is 35.5. The number of piperazine rings is 1. The summed E-state index contributed by atoms with van der Waals surface area (Å²) >= 11 is 7.33. The van der Waals surface area contributed by atoms with E-state index >= 15 is 0 Å². The molecule has 196 valence electrons. The van der Waals surface area contributed by atoms with Gasteiger partial charge in [0.25, 0.3) is 5.91 Å². The predicted molar refractivity (Wildman–Crippen MR) is 149 cm³/mol. The van der Waals surface area contributed by atoms with Gasteiger partial charge in [-0.25, -0.2) is 9.78 Å². The molecule has 1 fully saturated rings. The number of nitrogens with one attached hydrogen (secondary N) is 1. The van der Waals surface area contributed by atoms with E-state index in [1.807, 2.05) is 43.9 Å². The molecule has 1 saturated heterocycles. The van der Waals surface area contributed by atoms with Crippen LogP contribution in [-0.2, 0) is 6.54 Å². The fourth-order valence-corrected chi connectivity index (χ4v) is 5.05. The number of carbonyl (C=O) groups is 2. The zero-order valence-corrected chi connectivity index (χ0v) is 22.9. The lowest BCUT2D eigenvalue weighted by Crippen LogP contribution is -2.49. The van der Waals surface area contributed by atoms with Gasteiger partial charge in [-0.05, 0) is 57.2 Å². The molecule has 3 aromatic rings. The van der Waals surface area contributed by atoms with E-state index in [-0.39, 0.29) is 18.0 Å². The SMILES string of the molecule is CCOc1ccccc1N1CCN(C(=O)c2csc(CN(C(=O)Nc3ccc(Cl)cc3)C(C)C)n2)CC1. The van der Waals surface area contributed by atoms with Crippen LogP contribution in [0.15, 0.2) is 53.9 Å². The Bertz CT molecular complexity index is 1210. The Morgan fingerprint density at radius 3 is 2.49 bits per heavy atom. The predicted octanol–water partition coefficient (Wildman–Crippen LogP) is 5.60. The molecule has 1 aromatic heterocycles. The van der Waals surface area contributed by atoms with E-state index in [2.05, 4.69) is 21.3 Å². The number of rotatable bonds is 8. The lowest BCUT2D eigenvalue weighted by atomic mass is 10.2. The summed E-state index contributed by atoms with van der Waals surface area (Å²) in [5.74, 6) is 0.783.